The third-order valence-corrected chi connectivity index (χ3v) is 5.81. The molecule has 1 fully saturated rings. The molecule has 1 N–H and O–H groups in total. The van der Waals surface area contributed by atoms with Gasteiger partial charge in [-0.15, -0.1) is 0 Å². The first-order chi connectivity index (χ1) is 14.6. The Hall–Kier alpha value is -3.61. The maximum absolute atomic E-state index is 12.9. The number of amides is 1. The summed E-state index contributed by atoms with van der Waals surface area (Å²) in [5, 5.41) is 6.05. The number of aromatic nitrogens is 3. The van der Waals surface area contributed by atoms with Crippen molar-refractivity contribution < 1.29 is 4.79 Å². The highest BCUT2D eigenvalue weighted by atomic mass is 16.2. The van der Waals surface area contributed by atoms with Crippen LogP contribution in [0.4, 0.5) is 5.69 Å². The fourth-order valence-electron chi connectivity index (χ4n) is 4.13. The number of H-pyrrole nitrogens is 1. The summed E-state index contributed by atoms with van der Waals surface area (Å²) in [6, 6.07) is 16.2. The van der Waals surface area contributed by atoms with Crippen LogP contribution < -0.4 is 10.5 Å². The molecule has 152 valence electrons. The summed E-state index contributed by atoms with van der Waals surface area (Å²) in [6.07, 6.45) is 1.68. The molecule has 1 aliphatic rings. The molecular formula is C23H23N5O2. The number of hydrogen-bond donors (Lipinski definition) is 1. The van der Waals surface area contributed by atoms with Crippen molar-refractivity contribution in [2.24, 2.45) is 0 Å². The van der Waals surface area contributed by atoms with Crippen molar-refractivity contribution in [3.63, 3.8) is 0 Å². The van der Waals surface area contributed by atoms with E-state index < -0.39 is 0 Å². The minimum Gasteiger partial charge on any atom is -0.368 e. The number of fused-ring (bicyclic) bond motifs is 3. The number of aryl methyl sites for hydroxylation is 1. The molecule has 1 amide bonds. The summed E-state index contributed by atoms with van der Waals surface area (Å²) < 4.78 is 1.26. The second-order valence-corrected chi connectivity index (χ2v) is 7.77. The molecule has 2 aromatic carbocycles. The number of anilines is 1. The van der Waals surface area contributed by atoms with Crippen LogP contribution in [-0.4, -0.2) is 51.8 Å². The van der Waals surface area contributed by atoms with Crippen LogP contribution in [-0.2, 0) is 11.3 Å². The summed E-state index contributed by atoms with van der Waals surface area (Å²) in [7, 11) is 0. The Morgan fingerprint density at radius 1 is 1.03 bits per heavy atom. The van der Waals surface area contributed by atoms with Crippen molar-refractivity contribution in [2.45, 2.75) is 13.5 Å². The second kappa shape index (κ2) is 7.33. The van der Waals surface area contributed by atoms with Gasteiger partial charge in [-0.05, 0) is 31.2 Å². The normalized spacial score (nSPS) is 14.6. The van der Waals surface area contributed by atoms with Crippen molar-refractivity contribution >= 4 is 33.4 Å². The SMILES string of the molecule is Cc1ccc2[nH]c3c(=O)n(CC(=O)N4CCN(c5ccccc5)CC4)ncc3c2c1. The van der Waals surface area contributed by atoms with Crippen molar-refractivity contribution in [1.29, 1.82) is 0 Å². The molecule has 0 spiro atoms. The number of aromatic amines is 1. The number of piperazine rings is 1. The Balaban J connectivity index is 1.33. The molecule has 0 atom stereocenters. The van der Waals surface area contributed by atoms with Crippen LogP contribution in [0.5, 0.6) is 0 Å². The van der Waals surface area contributed by atoms with E-state index in [4.69, 9.17) is 0 Å². The largest absolute Gasteiger partial charge is 0.368 e. The van der Waals surface area contributed by atoms with Crippen molar-refractivity contribution in [2.75, 3.05) is 31.1 Å². The molecule has 0 radical (unpaired) electrons. The summed E-state index contributed by atoms with van der Waals surface area (Å²) in [5.41, 5.74) is 3.42. The molecule has 1 aliphatic heterocycles. The number of benzene rings is 2. The van der Waals surface area contributed by atoms with Crippen LogP contribution in [0, 0.1) is 6.92 Å². The number of nitrogens with zero attached hydrogens (tertiary/aromatic N) is 4. The lowest BCUT2D eigenvalue weighted by Crippen LogP contribution is -2.50. The van der Waals surface area contributed by atoms with E-state index in [1.54, 1.807) is 6.20 Å². The average molecular weight is 401 g/mol. The van der Waals surface area contributed by atoms with Crippen LogP contribution in [0.2, 0.25) is 0 Å². The van der Waals surface area contributed by atoms with E-state index >= 15 is 0 Å². The Labute approximate surface area is 173 Å². The summed E-state index contributed by atoms with van der Waals surface area (Å²) in [4.78, 5) is 33.0. The van der Waals surface area contributed by atoms with Crippen LogP contribution >= 0.6 is 0 Å². The average Bonchev–Trinajstić information content (AvgIpc) is 3.15. The highest BCUT2D eigenvalue weighted by Crippen LogP contribution is 2.23. The number of carbonyl (C=O) groups excluding carboxylic acids is 1. The van der Waals surface area contributed by atoms with E-state index in [-0.39, 0.29) is 18.0 Å². The van der Waals surface area contributed by atoms with Gasteiger partial charge in [0, 0.05) is 48.2 Å². The van der Waals surface area contributed by atoms with Gasteiger partial charge in [-0.2, -0.15) is 5.10 Å². The third-order valence-electron chi connectivity index (χ3n) is 5.81. The van der Waals surface area contributed by atoms with E-state index in [0.717, 1.165) is 34.9 Å². The first-order valence-electron chi connectivity index (χ1n) is 10.2. The standard InChI is InChI=1S/C23H23N5O2/c1-16-7-8-20-18(13-16)19-14-24-28(23(30)22(19)25-20)15-21(29)27-11-9-26(10-12-27)17-5-3-2-4-6-17/h2-8,13-14,25H,9-12,15H2,1H3. The number of carbonyl (C=O) groups is 1. The molecule has 0 bridgehead atoms. The lowest BCUT2D eigenvalue weighted by atomic mass is 10.1. The molecule has 0 aliphatic carbocycles. The van der Waals surface area contributed by atoms with Gasteiger partial charge < -0.3 is 14.8 Å². The predicted octanol–water partition coefficient (Wildman–Crippen LogP) is 2.54. The van der Waals surface area contributed by atoms with Crippen LogP contribution in [0.15, 0.2) is 59.5 Å². The highest BCUT2D eigenvalue weighted by molar-refractivity contribution is 6.06. The molecule has 7 nitrogen and oxygen atoms in total. The summed E-state index contributed by atoms with van der Waals surface area (Å²) in [6.45, 7) is 4.79. The fourth-order valence-corrected chi connectivity index (χ4v) is 4.13. The van der Waals surface area contributed by atoms with Gasteiger partial charge >= 0.3 is 0 Å². The molecule has 1 saturated heterocycles. The van der Waals surface area contributed by atoms with E-state index in [9.17, 15) is 9.59 Å². The Morgan fingerprint density at radius 2 is 1.80 bits per heavy atom. The first kappa shape index (κ1) is 18.4. The van der Waals surface area contributed by atoms with Crippen molar-refractivity contribution in [3.05, 3.63) is 70.6 Å². The van der Waals surface area contributed by atoms with Gasteiger partial charge in [0.2, 0.25) is 5.91 Å². The Bertz CT molecular complexity index is 1280. The molecule has 4 aromatic rings. The summed E-state index contributed by atoms with van der Waals surface area (Å²) in [5.74, 6) is -0.0800. The molecular weight excluding hydrogens is 378 g/mol. The van der Waals surface area contributed by atoms with Crippen LogP contribution in [0.1, 0.15) is 5.56 Å². The van der Waals surface area contributed by atoms with E-state index in [0.29, 0.717) is 18.6 Å². The zero-order valence-corrected chi connectivity index (χ0v) is 16.8. The van der Waals surface area contributed by atoms with E-state index in [1.807, 2.05) is 48.2 Å². The van der Waals surface area contributed by atoms with Crippen molar-refractivity contribution in [3.8, 4) is 0 Å². The van der Waals surface area contributed by atoms with E-state index in [2.05, 4.69) is 27.1 Å². The minimum absolute atomic E-state index is 0.0471. The highest BCUT2D eigenvalue weighted by Gasteiger charge is 2.22. The first-order valence-corrected chi connectivity index (χ1v) is 10.2. The van der Waals surface area contributed by atoms with Crippen molar-refractivity contribution in [1.82, 2.24) is 19.7 Å². The van der Waals surface area contributed by atoms with Gasteiger partial charge in [0.1, 0.15) is 12.1 Å². The van der Waals surface area contributed by atoms with Gasteiger partial charge in [0.25, 0.3) is 5.56 Å². The van der Waals surface area contributed by atoms with Gasteiger partial charge in [-0.1, -0.05) is 29.8 Å². The monoisotopic (exact) mass is 401 g/mol. The molecule has 7 heteroatoms. The molecule has 0 unspecified atom stereocenters. The van der Waals surface area contributed by atoms with Gasteiger partial charge in [-0.25, -0.2) is 4.68 Å². The van der Waals surface area contributed by atoms with E-state index in [1.165, 1.54) is 10.4 Å². The number of rotatable bonds is 3. The van der Waals surface area contributed by atoms with Crippen LogP contribution in [0.3, 0.4) is 0 Å². The van der Waals surface area contributed by atoms with Gasteiger partial charge in [0.05, 0.1) is 6.20 Å². The maximum Gasteiger partial charge on any atom is 0.291 e. The Morgan fingerprint density at radius 3 is 2.57 bits per heavy atom. The fraction of sp³-hybridized carbons (Fsp3) is 0.261. The molecule has 0 saturated carbocycles. The molecule has 2 aromatic heterocycles. The van der Waals surface area contributed by atoms with Crippen LogP contribution in [0.25, 0.3) is 21.8 Å². The predicted molar refractivity (Wildman–Crippen MR) is 118 cm³/mol. The number of para-hydroxylation sites is 1. The zero-order chi connectivity index (χ0) is 20.7. The quantitative estimate of drug-likeness (QED) is 0.573. The number of nitrogens with one attached hydrogen (secondary N) is 1. The zero-order valence-electron chi connectivity index (χ0n) is 16.8. The maximum atomic E-state index is 12.9. The number of hydrogen-bond acceptors (Lipinski definition) is 4. The Kier molecular flexibility index (Phi) is 4.50. The third kappa shape index (κ3) is 3.22. The smallest absolute Gasteiger partial charge is 0.291 e. The topological polar surface area (TPSA) is 74.2 Å². The molecule has 30 heavy (non-hydrogen) atoms. The molecule has 3 heterocycles. The second-order valence-electron chi connectivity index (χ2n) is 7.77. The lowest BCUT2D eigenvalue weighted by Gasteiger charge is -2.36. The van der Waals surface area contributed by atoms with Gasteiger partial charge in [0.15, 0.2) is 0 Å². The summed E-state index contributed by atoms with van der Waals surface area (Å²) >= 11 is 0. The minimum atomic E-state index is -0.266. The molecule has 5 rings (SSSR count). The van der Waals surface area contributed by atoms with Gasteiger partial charge in [-0.3, -0.25) is 9.59 Å². The lowest BCUT2D eigenvalue weighted by molar-refractivity contribution is -0.132.